The number of aliphatic carboxylic acids is 2. The van der Waals surface area contributed by atoms with Gasteiger partial charge in [-0.25, -0.2) is 4.79 Å². The Bertz CT molecular complexity index is 1180. The first-order valence-electron chi connectivity index (χ1n) is 16.7. The molecule has 0 bridgehead atoms. The Labute approximate surface area is 287 Å². The van der Waals surface area contributed by atoms with Gasteiger partial charge >= 0.3 is 17.9 Å². The van der Waals surface area contributed by atoms with Gasteiger partial charge < -0.3 is 43.4 Å². The van der Waals surface area contributed by atoms with E-state index in [1.54, 1.807) is 17.0 Å². The molecule has 0 aromatic heterocycles. The van der Waals surface area contributed by atoms with Crippen LogP contribution >= 0.6 is 0 Å². The van der Waals surface area contributed by atoms with Crippen molar-refractivity contribution in [2.24, 2.45) is 0 Å². The van der Waals surface area contributed by atoms with Crippen molar-refractivity contribution < 1.29 is 62.3 Å². The summed E-state index contributed by atoms with van der Waals surface area (Å²) in [4.78, 5) is 54.8. The Morgan fingerprint density at radius 2 is 1.35 bits per heavy atom. The van der Waals surface area contributed by atoms with Gasteiger partial charge in [-0.05, 0) is 24.6 Å². The van der Waals surface area contributed by atoms with Crippen molar-refractivity contribution in [3.63, 3.8) is 0 Å². The lowest BCUT2D eigenvalue weighted by atomic mass is 10.0. The van der Waals surface area contributed by atoms with E-state index < -0.39 is 36.1 Å². The molecule has 16 heteroatoms. The Balaban J connectivity index is 1.83. The molecular formula is C33H52N4O12. The highest BCUT2D eigenvalue weighted by molar-refractivity contribution is 5.73. The van der Waals surface area contributed by atoms with Crippen LogP contribution in [0.1, 0.15) is 12.5 Å². The van der Waals surface area contributed by atoms with E-state index in [2.05, 4.69) is 0 Å². The third kappa shape index (κ3) is 13.8. The van der Waals surface area contributed by atoms with E-state index in [1.165, 1.54) is 14.2 Å². The van der Waals surface area contributed by atoms with E-state index in [1.807, 2.05) is 28.9 Å². The molecule has 0 saturated carbocycles. The summed E-state index contributed by atoms with van der Waals surface area (Å²) in [5.41, 5.74) is 0.786. The number of ether oxygens (including phenoxy) is 6. The Kier molecular flexibility index (Phi) is 17.1. The van der Waals surface area contributed by atoms with Crippen LogP contribution in [0.15, 0.2) is 24.3 Å². The second kappa shape index (κ2) is 21.0. The molecule has 49 heavy (non-hydrogen) atoms. The fraction of sp³-hybridized carbons (Fsp3) is 0.697. The summed E-state index contributed by atoms with van der Waals surface area (Å²) in [6.07, 6.45) is -0.240. The minimum atomic E-state index is -1.26. The maximum Gasteiger partial charge on any atom is 0.363 e. The summed E-state index contributed by atoms with van der Waals surface area (Å²) >= 11 is 0. The molecule has 2 saturated heterocycles. The molecule has 2 aliphatic rings. The van der Waals surface area contributed by atoms with Crippen LogP contribution in [-0.2, 0) is 49.3 Å². The normalized spacial score (nSPS) is 21.9. The zero-order valence-corrected chi connectivity index (χ0v) is 28.9. The van der Waals surface area contributed by atoms with E-state index in [0.717, 1.165) is 5.56 Å². The molecule has 0 aliphatic carbocycles. The third-order valence-electron chi connectivity index (χ3n) is 8.86. The van der Waals surface area contributed by atoms with E-state index in [9.17, 15) is 29.4 Å². The lowest BCUT2D eigenvalue weighted by Gasteiger charge is -2.44. The van der Waals surface area contributed by atoms with E-state index in [0.29, 0.717) is 78.1 Å². The number of nitrogens with zero attached hydrogens (tertiary/aromatic N) is 4. The Morgan fingerprint density at radius 1 is 0.837 bits per heavy atom. The summed E-state index contributed by atoms with van der Waals surface area (Å²) in [5, 5.41) is 22.5. The molecule has 3 unspecified atom stereocenters. The molecule has 0 radical (unpaired) electrons. The highest BCUT2D eigenvalue weighted by Gasteiger charge is 2.54. The van der Waals surface area contributed by atoms with Gasteiger partial charge in [-0.15, -0.1) is 0 Å². The van der Waals surface area contributed by atoms with Crippen LogP contribution in [0, 0.1) is 0 Å². The van der Waals surface area contributed by atoms with Gasteiger partial charge in [0.15, 0.2) is 6.04 Å². The topological polar surface area (TPSA) is 180 Å². The molecule has 1 aromatic rings. The number of hydrogen-bond donors (Lipinski definition) is 1. The van der Waals surface area contributed by atoms with Gasteiger partial charge in [0, 0.05) is 58.8 Å². The smallest absolute Gasteiger partial charge is 0.363 e. The van der Waals surface area contributed by atoms with Crippen LogP contribution < -0.4 is 9.84 Å². The standard InChI is InChI=1S/C33H52N4O12/c1-4-46-17-18-47-19-20-48-27-7-5-26(6-8-27)21-28(33(42)43)37(29-25-49-29)15-13-35(22-30(38)39)11-9-34(23-31(40)44-2)10-12-36(14-16-37)24-32(41)45-3/h5-8,28-29H,4,9-25H2,1-3H3,(H-,38,39,42,43). The summed E-state index contributed by atoms with van der Waals surface area (Å²) in [7, 11) is 2.60. The van der Waals surface area contributed by atoms with Gasteiger partial charge in [-0.2, -0.15) is 0 Å². The van der Waals surface area contributed by atoms with Gasteiger partial charge in [-0.1, -0.05) is 12.1 Å². The number of quaternary nitrogens is 1. The fourth-order valence-electron chi connectivity index (χ4n) is 5.98. The van der Waals surface area contributed by atoms with Gasteiger partial charge in [0.05, 0.1) is 66.2 Å². The number of rotatable bonds is 19. The second-order valence-corrected chi connectivity index (χ2v) is 12.1. The number of esters is 2. The van der Waals surface area contributed by atoms with Crippen LogP contribution in [0.5, 0.6) is 5.75 Å². The highest BCUT2D eigenvalue weighted by atomic mass is 16.6. The van der Waals surface area contributed by atoms with Crippen molar-refractivity contribution in [2.45, 2.75) is 25.6 Å². The predicted molar refractivity (Wildman–Crippen MR) is 172 cm³/mol. The zero-order chi connectivity index (χ0) is 35.6. The number of carbonyl (C=O) groups is 4. The molecule has 1 N–H and O–H groups in total. The monoisotopic (exact) mass is 696 g/mol. The van der Waals surface area contributed by atoms with Crippen LogP contribution in [0.25, 0.3) is 0 Å². The van der Waals surface area contributed by atoms with Crippen LogP contribution in [0.3, 0.4) is 0 Å². The first kappa shape index (κ1) is 40.1. The number of benzene rings is 1. The van der Waals surface area contributed by atoms with Crippen molar-refractivity contribution in [3.8, 4) is 5.75 Å². The maximum absolute atomic E-state index is 13.1. The number of hydrogen-bond acceptors (Lipinski definition) is 14. The molecule has 2 fully saturated rings. The lowest BCUT2D eigenvalue weighted by Crippen LogP contribution is -2.66. The van der Waals surface area contributed by atoms with E-state index in [-0.39, 0.29) is 50.2 Å². The van der Waals surface area contributed by atoms with Gasteiger partial charge in [0.25, 0.3) is 0 Å². The van der Waals surface area contributed by atoms with Gasteiger partial charge in [-0.3, -0.25) is 28.8 Å². The zero-order valence-electron chi connectivity index (χ0n) is 28.9. The molecule has 3 rings (SSSR count). The highest BCUT2D eigenvalue weighted by Crippen LogP contribution is 2.32. The summed E-state index contributed by atoms with van der Waals surface area (Å²) in [5.74, 6) is -2.52. The number of methoxy groups -OCH3 is 2. The Morgan fingerprint density at radius 3 is 1.84 bits per heavy atom. The molecule has 16 nitrogen and oxygen atoms in total. The molecule has 1 aromatic carbocycles. The average Bonchev–Trinajstić information content (AvgIpc) is 3.93. The molecule has 0 spiro atoms. The molecule has 2 heterocycles. The third-order valence-corrected chi connectivity index (χ3v) is 8.86. The van der Waals surface area contributed by atoms with Crippen molar-refractivity contribution in [2.75, 3.05) is 126 Å². The van der Waals surface area contributed by atoms with Crippen molar-refractivity contribution in [1.82, 2.24) is 14.7 Å². The second-order valence-electron chi connectivity index (χ2n) is 12.1. The van der Waals surface area contributed by atoms with Gasteiger partial charge in [0.1, 0.15) is 19.0 Å². The number of carboxylic acids is 2. The van der Waals surface area contributed by atoms with E-state index in [4.69, 9.17) is 28.4 Å². The van der Waals surface area contributed by atoms with Crippen molar-refractivity contribution in [3.05, 3.63) is 29.8 Å². The summed E-state index contributed by atoms with van der Waals surface area (Å²) in [6, 6.07) is 6.32. The quantitative estimate of drug-likeness (QED) is 0.0748. The SMILES string of the molecule is CCOCCOCCOc1ccc(CC(C(=O)O)[N+]2(C3CO3)CCN(CC(=O)[O-])CCN(CC(=O)OC)CCN(CC(=O)OC)CC2)cc1. The predicted octanol–water partition coefficient (Wildman–Crippen LogP) is -1.70. The number of epoxide rings is 1. The number of carbonyl (C=O) groups excluding carboxylic acids is 3. The Hall–Kier alpha value is -3.38. The number of carboxylic acid groups (broad SMARTS) is 2. The molecular weight excluding hydrogens is 644 g/mol. The average molecular weight is 697 g/mol. The van der Waals surface area contributed by atoms with Crippen LogP contribution in [0.4, 0.5) is 0 Å². The van der Waals surface area contributed by atoms with Crippen molar-refractivity contribution in [1.29, 1.82) is 0 Å². The molecule has 3 atom stereocenters. The minimum absolute atomic E-state index is 0.00912. The van der Waals surface area contributed by atoms with E-state index >= 15 is 0 Å². The first-order chi connectivity index (χ1) is 23.6. The minimum Gasteiger partial charge on any atom is -0.549 e. The lowest BCUT2D eigenvalue weighted by molar-refractivity contribution is -0.961. The summed E-state index contributed by atoms with van der Waals surface area (Å²) < 4.78 is 32.2. The molecule has 2 aliphatic heterocycles. The summed E-state index contributed by atoms with van der Waals surface area (Å²) in [6.45, 7) is 6.78. The van der Waals surface area contributed by atoms with Crippen LogP contribution in [0.2, 0.25) is 0 Å². The van der Waals surface area contributed by atoms with Crippen LogP contribution in [-0.4, -0.2) is 186 Å². The first-order valence-corrected chi connectivity index (χ1v) is 16.7. The molecule has 0 amide bonds. The van der Waals surface area contributed by atoms with Crippen molar-refractivity contribution >= 4 is 23.9 Å². The largest absolute Gasteiger partial charge is 0.549 e. The van der Waals surface area contributed by atoms with Gasteiger partial charge in [0.2, 0.25) is 6.23 Å². The molecule has 276 valence electrons. The maximum atomic E-state index is 13.1. The fourth-order valence-corrected chi connectivity index (χ4v) is 5.98.